The van der Waals surface area contributed by atoms with Gasteiger partial charge >= 0.3 is 6.18 Å². The Morgan fingerprint density at radius 3 is 2.59 bits per heavy atom. The Kier molecular flexibility index (Phi) is 6.24. The normalized spacial score (nSPS) is 16.7. The minimum Gasteiger partial charge on any atom is -0.457 e. The summed E-state index contributed by atoms with van der Waals surface area (Å²) in [5.41, 5.74) is 4.71. The van der Waals surface area contributed by atoms with Crippen molar-refractivity contribution >= 4 is 39.0 Å². The molecule has 3 aromatic carbocycles. The van der Waals surface area contributed by atoms with Crippen LogP contribution in [0, 0.1) is 0 Å². The highest BCUT2D eigenvalue weighted by Crippen LogP contribution is 2.41. The molecule has 41 heavy (non-hydrogen) atoms. The molecule has 2 aromatic heterocycles. The average Bonchev–Trinajstić information content (AvgIpc) is 3.56. The van der Waals surface area contributed by atoms with Gasteiger partial charge in [0.2, 0.25) is 0 Å². The van der Waals surface area contributed by atoms with Crippen molar-refractivity contribution in [2.45, 2.75) is 25.1 Å². The summed E-state index contributed by atoms with van der Waals surface area (Å²) in [6.45, 7) is 0. The highest BCUT2D eigenvalue weighted by Gasteiger charge is 2.33. The van der Waals surface area contributed by atoms with Crippen LogP contribution in [0.4, 0.5) is 13.2 Å². The Labute approximate surface area is 244 Å². The number of alkyl halides is 3. The van der Waals surface area contributed by atoms with Crippen LogP contribution in [0.15, 0.2) is 109 Å². The Hall–Kier alpha value is -3.95. The van der Waals surface area contributed by atoms with E-state index in [0.717, 1.165) is 51.8 Å². The smallest absolute Gasteiger partial charge is 0.416 e. The lowest BCUT2D eigenvalue weighted by Gasteiger charge is -2.30. The summed E-state index contributed by atoms with van der Waals surface area (Å²) in [7, 11) is 0. The molecule has 1 aliphatic carbocycles. The van der Waals surface area contributed by atoms with Gasteiger partial charge in [-0.25, -0.2) is 4.99 Å². The molecule has 204 valence electrons. The average molecular weight is 633 g/mol. The van der Waals surface area contributed by atoms with Crippen LogP contribution in [0.1, 0.15) is 40.5 Å². The van der Waals surface area contributed by atoms with E-state index in [1.165, 1.54) is 23.0 Å². The number of furan rings is 1. The van der Waals surface area contributed by atoms with Crippen molar-refractivity contribution in [2.75, 3.05) is 0 Å². The fraction of sp³-hybridized carbons (Fsp3) is 0.125. The maximum Gasteiger partial charge on any atom is 0.416 e. The summed E-state index contributed by atoms with van der Waals surface area (Å²) < 4.78 is 48.7. The van der Waals surface area contributed by atoms with Crippen LogP contribution in [-0.2, 0) is 12.6 Å². The van der Waals surface area contributed by atoms with E-state index in [-0.39, 0.29) is 17.4 Å². The van der Waals surface area contributed by atoms with Crippen LogP contribution in [-0.4, -0.2) is 4.57 Å². The van der Waals surface area contributed by atoms with Gasteiger partial charge in [0.15, 0.2) is 4.80 Å². The lowest BCUT2D eigenvalue weighted by atomic mass is 9.83. The molecule has 2 aliphatic rings. The molecule has 0 spiro atoms. The number of hydrogen-bond donors (Lipinski definition) is 0. The van der Waals surface area contributed by atoms with Gasteiger partial charge in [-0.2, -0.15) is 13.2 Å². The second kappa shape index (κ2) is 9.85. The van der Waals surface area contributed by atoms with E-state index in [9.17, 15) is 18.0 Å². The van der Waals surface area contributed by atoms with Gasteiger partial charge in [-0.3, -0.25) is 9.36 Å². The van der Waals surface area contributed by atoms with Gasteiger partial charge < -0.3 is 4.42 Å². The monoisotopic (exact) mass is 632 g/mol. The number of thiazole rings is 1. The largest absolute Gasteiger partial charge is 0.457 e. The summed E-state index contributed by atoms with van der Waals surface area (Å²) in [5.74, 6) is 0.659. The summed E-state index contributed by atoms with van der Waals surface area (Å²) in [4.78, 5) is 19.5. The van der Waals surface area contributed by atoms with Crippen LogP contribution in [0.25, 0.3) is 23.1 Å². The number of rotatable bonds is 3. The molecule has 1 unspecified atom stereocenters. The number of allylic oxidation sites excluding steroid dienone is 1. The molecule has 9 heteroatoms. The molecule has 0 radical (unpaired) electrons. The molecule has 0 saturated carbocycles. The molecule has 0 saturated heterocycles. The van der Waals surface area contributed by atoms with Gasteiger partial charge in [-0.1, -0.05) is 75.8 Å². The number of hydrogen-bond acceptors (Lipinski definition) is 4. The number of aryl methyl sites for hydroxylation is 1. The van der Waals surface area contributed by atoms with Crippen LogP contribution in [0.5, 0.6) is 0 Å². The van der Waals surface area contributed by atoms with Gasteiger partial charge in [0.1, 0.15) is 11.5 Å². The molecule has 0 bridgehead atoms. The quantitative estimate of drug-likeness (QED) is 0.209. The number of benzene rings is 3. The van der Waals surface area contributed by atoms with Gasteiger partial charge in [0.25, 0.3) is 5.56 Å². The van der Waals surface area contributed by atoms with Crippen molar-refractivity contribution in [3.8, 4) is 11.3 Å². The zero-order valence-electron chi connectivity index (χ0n) is 21.3. The lowest BCUT2D eigenvalue weighted by Crippen LogP contribution is -2.38. The number of halogens is 4. The third kappa shape index (κ3) is 4.63. The van der Waals surface area contributed by atoms with E-state index in [1.807, 2.05) is 36.4 Å². The number of fused-ring (bicyclic) bond motifs is 3. The Balaban J connectivity index is 1.36. The SMILES string of the molecule is O=c1/c(=C/c2ccc(-c3cccc(C(F)(F)F)c3)o2)sc2n1C(c1ccc(Br)cc1)C1=C(N=2)c2ccccc2CC1. The molecule has 5 aromatic rings. The van der Waals surface area contributed by atoms with E-state index in [0.29, 0.717) is 20.7 Å². The zero-order valence-corrected chi connectivity index (χ0v) is 23.7. The van der Waals surface area contributed by atoms with Crippen molar-refractivity contribution in [3.63, 3.8) is 0 Å². The fourth-order valence-corrected chi connectivity index (χ4v) is 6.78. The van der Waals surface area contributed by atoms with Crippen LogP contribution >= 0.6 is 27.3 Å². The summed E-state index contributed by atoms with van der Waals surface area (Å²) in [6.07, 6.45) is -1.16. The molecule has 7 rings (SSSR count). The van der Waals surface area contributed by atoms with Crippen molar-refractivity contribution < 1.29 is 17.6 Å². The maximum absolute atomic E-state index is 13.9. The summed E-state index contributed by atoms with van der Waals surface area (Å²) in [6, 6.07) is 24.2. The van der Waals surface area contributed by atoms with Crippen LogP contribution in [0.2, 0.25) is 0 Å². The molecular formula is C32H20BrF3N2O2S. The summed E-state index contributed by atoms with van der Waals surface area (Å²) in [5, 5.41) is 0. The molecule has 1 atom stereocenters. The topological polar surface area (TPSA) is 47.5 Å². The first-order valence-corrected chi connectivity index (χ1v) is 14.5. The zero-order chi connectivity index (χ0) is 28.3. The van der Waals surface area contributed by atoms with E-state index in [1.54, 1.807) is 28.8 Å². The maximum atomic E-state index is 13.9. The van der Waals surface area contributed by atoms with E-state index in [2.05, 4.69) is 28.1 Å². The highest BCUT2D eigenvalue weighted by atomic mass is 79.9. The van der Waals surface area contributed by atoms with Crippen LogP contribution < -0.4 is 14.9 Å². The minimum absolute atomic E-state index is 0.191. The minimum atomic E-state index is -4.45. The lowest BCUT2D eigenvalue weighted by molar-refractivity contribution is -0.137. The third-order valence-corrected chi connectivity index (χ3v) is 8.94. The molecule has 3 heterocycles. The fourth-order valence-electron chi connectivity index (χ4n) is 5.53. The van der Waals surface area contributed by atoms with Crippen LogP contribution in [0.3, 0.4) is 0 Å². The van der Waals surface area contributed by atoms with Crippen molar-refractivity contribution in [2.24, 2.45) is 4.99 Å². The standard InChI is InChI=1S/C32H20BrF3N2O2S/c33-22-11-8-19(9-12-22)29-25-14-10-18-4-1-2-7-24(18)28(25)37-31-38(29)30(39)27(41-31)17-23-13-15-26(40-23)20-5-3-6-21(16-20)32(34,35)36/h1-9,11-13,15-17,29H,10,14H2/b27-17-. The first kappa shape index (κ1) is 26.0. The third-order valence-electron chi connectivity index (χ3n) is 7.43. The van der Waals surface area contributed by atoms with Crippen molar-refractivity contribution in [1.29, 1.82) is 0 Å². The predicted octanol–water partition coefficient (Wildman–Crippen LogP) is 7.36. The second-order valence-electron chi connectivity index (χ2n) is 9.95. The molecular weight excluding hydrogens is 613 g/mol. The van der Waals surface area contributed by atoms with Gasteiger partial charge in [0.05, 0.1) is 21.8 Å². The molecule has 0 amide bonds. The first-order chi connectivity index (χ1) is 19.8. The predicted molar refractivity (Wildman–Crippen MR) is 156 cm³/mol. The Morgan fingerprint density at radius 1 is 0.976 bits per heavy atom. The van der Waals surface area contributed by atoms with Gasteiger partial charge in [0, 0.05) is 21.7 Å². The first-order valence-electron chi connectivity index (χ1n) is 12.9. The molecule has 1 aliphatic heterocycles. The van der Waals surface area contributed by atoms with E-state index >= 15 is 0 Å². The number of nitrogens with zero attached hydrogens (tertiary/aromatic N) is 2. The van der Waals surface area contributed by atoms with E-state index in [4.69, 9.17) is 9.41 Å². The number of aromatic nitrogens is 1. The Morgan fingerprint density at radius 2 is 1.78 bits per heavy atom. The molecule has 4 nitrogen and oxygen atoms in total. The van der Waals surface area contributed by atoms with Gasteiger partial charge in [-0.15, -0.1) is 0 Å². The van der Waals surface area contributed by atoms with Crippen molar-refractivity contribution in [1.82, 2.24) is 4.57 Å². The second-order valence-corrected chi connectivity index (χ2v) is 11.9. The highest BCUT2D eigenvalue weighted by molar-refractivity contribution is 9.10. The Bertz CT molecular complexity index is 2030. The summed E-state index contributed by atoms with van der Waals surface area (Å²) >= 11 is 4.79. The van der Waals surface area contributed by atoms with Crippen molar-refractivity contribution in [3.05, 3.63) is 143 Å². The van der Waals surface area contributed by atoms with Gasteiger partial charge in [-0.05, 0) is 65.9 Å². The van der Waals surface area contributed by atoms with E-state index < -0.39 is 11.7 Å². The molecule has 0 N–H and O–H groups in total. The molecule has 0 fully saturated rings.